The number of amides is 1. The maximum atomic E-state index is 11.7. The molecule has 3 heteroatoms. The van der Waals surface area contributed by atoms with Crippen LogP contribution in [0.2, 0.25) is 0 Å². The summed E-state index contributed by atoms with van der Waals surface area (Å²) < 4.78 is 0. The summed E-state index contributed by atoms with van der Waals surface area (Å²) in [6.45, 7) is 7.37. The molecule has 0 aliphatic heterocycles. The molecule has 17 heavy (non-hydrogen) atoms. The van der Waals surface area contributed by atoms with E-state index < -0.39 is 0 Å². The number of hydrogen-bond donors (Lipinski definition) is 1. The normalized spacial score (nSPS) is 10.8. The number of carbonyl (C=O) groups is 1. The van der Waals surface area contributed by atoms with Gasteiger partial charge in [-0.15, -0.1) is 0 Å². The van der Waals surface area contributed by atoms with Gasteiger partial charge in [0.15, 0.2) is 0 Å². The number of nitrogens with zero attached hydrogens (tertiary/aromatic N) is 1. The van der Waals surface area contributed by atoms with Crippen LogP contribution in [-0.4, -0.2) is 23.9 Å². The first-order chi connectivity index (χ1) is 8.08. The maximum Gasteiger partial charge on any atom is 0.246 e. The average molecular weight is 232 g/mol. The third kappa shape index (κ3) is 3.63. The first-order valence-corrected chi connectivity index (χ1v) is 5.91. The second-order valence-electron chi connectivity index (χ2n) is 3.96. The van der Waals surface area contributed by atoms with Crippen molar-refractivity contribution in [3.05, 3.63) is 35.4 Å². The lowest BCUT2D eigenvalue weighted by Crippen LogP contribution is -2.28. The first-order valence-electron chi connectivity index (χ1n) is 5.91. The lowest BCUT2D eigenvalue weighted by atomic mass is 10.1. The van der Waals surface area contributed by atoms with E-state index in [0.717, 1.165) is 29.9 Å². The predicted molar refractivity (Wildman–Crippen MR) is 72.6 cm³/mol. The van der Waals surface area contributed by atoms with Crippen LogP contribution in [-0.2, 0) is 4.79 Å². The van der Waals surface area contributed by atoms with Gasteiger partial charge in [0.05, 0.1) is 0 Å². The molecular formula is C14H20N2O. The molecule has 0 atom stereocenters. The molecule has 1 aromatic carbocycles. The third-order valence-corrected chi connectivity index (χ3v) is 2.80. The summed E-state index contributed by atoms with van der Waals surface area (Å²) in [5.41, 5.74) is 8.57. The second kappa shape index (κ2) is 6.09. The minimum Gasteiger partial charge on any atom is -0.398 e. The summed E-state index contributed by atoms with van der Waals surface area (Å²) in [6, 6.07) is 5.79. The quantitative estimate of drug-likeness (QED) is 0.640. The SMILES string of the molecule is CCN(CC)C(=O)/C=C/c1ccc(C)c(N)c1. The van der Waals surface area contributed by atoms with Crippen LogP contribution >= 0.6 is 0 Å². The van der Waals surface area contributed by atoms with Crippen LogP contribution in [0.15, 0.2) is 24.3 Å². The van der Waals surface area contributed by atoms with Gasteiger partial charge in [-0.2, -0.15) is 0 Å². The van der Waals surface area contributed by atoms with Crippen molar-refractivity contribution < 1.29 is 4.79 Å². The van der Waals surface area contributed by atoms with Gasteiger partial charge < -0.3 is 10.6 Å². The lowest BCUT2D eigenvalue weighted by molar-refractivity contribution is -0.125. The second-order valence-corrected chi connectivity index (χ2v) is 3.96. The largest absolute Gasteiger partial charge is 0.398 e. The topological polar surface area (TPSA) is 46.3 Å². The maximum absolute atomic E-state index is 11.7. The standard InChI is InChI=1S/C14H20N2O/c1-4-16(5-2)14(17)9-8-12-7-6-11(3)13(15)10-12/h6-10H,4-5,15H2,1-3H3/b9-8+. The summed E-state index contributed by atoms with van der Waals surface area (Å²) in [4.78, 5) is 13.5. The van der Waals surface area contributed by atoms with E-state index >= 15 is 0 Å². The monoisotopic (exact) mass is 232 g/mol. The fourth-order valence-corrected chi connectivity index (χ4v) is 1.57. The highest BCUT2D eigenvalue weighted by Gasteiger charge is 2.04. The zero-order valence-electron chi connectivity index (χ0n) is 10.7. The highest BCUT2D eigenvalue weighted by atomic mass is 16.2. The Balaban J connectivity index is 2.76. The van der Waals surface area contributed by atoms with E-state index in [1.165, 1.54) is 0 Å². The van der Waals surface area contributed by atoms with Crippen molar-refractivity contribution in [3.63, 3.8) is 0 Å². The Hall–Kier alpha value is -1.77. The predicted octanol–water partition coefficient (Wildman–Crippen LogP) is 2.46. The van der Waals surface area contributed by atoms with Crippen molar-refractivity contribution >= 4 is 17.7 Å². The molecule has 0 aliphatic carbocycles. The van der Waals surface area contributed by atoms with E-state index in [4.69, 9.17) is 5.73 Å². The number of carbonyl (C=O) groups excluding carboxylic acids is 1. The smallest absolute Gasteiger partial charge is 0.246 e. The molecule has 0 spiro atoms. The van der Waals surface area contributed by atoms with E-state index in [1.807, 2.05) is 39.0 Å². The van der Waals surface area contributed by atoms with Crippen molar-refractivity contribution in [2.45, 2.75) is 20.8 Å². The van der Waals surface area contributed by atoms with Crippen LogP contribution in [0, 0.1) is 6.92 Å². The zero-order chi connectivity index (χ0) is 12.8. The van der Waals surface area contributed by atoms with Crippen molar-refractivity contribution in [3.8, 4) is 0 Å². The Morgan fingerprint density at radius 1 is 1.35 bits per heavy atom. The first kappa shape index (κ1) is 13.3. The molecule has 3 nitrogen and oxygen atoms in total. The molecule has 1 amide bonds. The summed E-state index contributed by atoms with van der Waals surface area (Å²) >= 11 is 0. The molecule has 0 saturated heterocycles. The Kier molecular flexibility index (Phi) is 4.76. The number of aryl methyl sites for hydroxylation is 1. The fourth-order valence-electron chi connectivity index (χ4n) is 1.57. The lowest BCUT2D eigenvalue weighted by Gasteiger charge is -2.15. The van der Waals surface area contributed by atoms with Crippen LogP contribution in [0.25, 0.3) is 6.08 Å². The molecule has 0 bridgehead atoms. The molecule has 0 heterocycles. The number of likely N-dealkylation sites (N-methyl/N-ethyl adjacent to an activating group) is 1. The van der Waals surface area contributed by atoms with E-state index in [0.29, 0.717) is 0 Å². The summed E-state index contributed by atoms with van der Waals surface area (Å²) in [5, 5.41) is 0. The van der Waals surface area contributed by atoms with Crippen LogP contribution in [0.3, 0.4) is 0 Å². The Morgan fingerprint density at radius 3 is 2.53 bits per heavy atom. The van der Waals surface area contributed by atoms with Gasteiger partial charge in [0.25, 0.3) is 0 Å². The molecule has 0 fully saturated rings. The Morgan fingerprint density at radius 2 is 2.00 bits per heavy atom. The summed E-state index contributed by atoms with van der Waals surface area (Å²) in [7, 11) is 0. The summed E-state index contributed by atoms with van der Waals surface area (Å²) in [6.07, 6.45) is 3.40. The van der Waals surface area contributed by atoms with E-state index in [1.54, 1.807) is 17.1 Å². The molecule has 0 unspecified atom stereocenters. The number of anilines is 1. The van der Waals surface area contributed by atoms with Crippen molar-refractivity contribution in [2.24, 2.45) is 0 Å². The number of benzene rings is 1. The van der Waals surface area contributed by atoms with E-state index in [-0.39, 0.29) is 5.91 Å². The van der Waals surface area contributed by atoms with Crippen molar-refractivity contribution in [2.75, 3.05) is 18.8 Å². The van der Waals surface area contributed by atoms with Crippen LogP contribution in [0.4, 0.5) is 5.69 Å². The van der Waals surface area contributed by atoms with Crippen LogP contribution < -0.4 is 5.73 Å². The van der Waals surface area contributed by atoms with Gasteiger partial charge in [-0.25, -0.2) is 0 Å². The molecule has 2 N–H and O–H groups in total. The van der Waals surface area contributed by atoms with Gasteiger partial charge in [0.2, 0.25) is 5.91 Å². The molecule has 1 aromatic rings. The van der Waals surface area contributed by atoms with Gasteiger partial charge in [0, 0.05) is 24.9 Å². The molecule has 0 aromatic heterocycles. The third-order valence-electron chi connectivity index (χ3n) is 2.80. The van der Waals surface area contributed by atoms with Gasteiger partial charge in [-0.3, -0.25) is 4.79 Å². The average Bonchev–Trinajstić information content (AvgIpc) is 2.32. The van der Waals surface area contributed by atoms with E-state index in [9.17, 15) is 4.79 Å². The van der Waals surface area contributed by atoms with E-state index in [2.05, 4.69) is 0 Å². The van der Waals surface area contributed by atoms with Gasteiger partial charge in [0.1, 0.15) is 0 Å². The molecule has 0 radical (unpaired) electrons. The molecule has 0 aliphatic rings. The highest BCUT2D eigenvalue weighted by molar-refractivity contribution is 5.91. The van der Waals surface area contributed by atoms with Gasteiger partial charge in [-0.1, -0.05) is 12.1 Å². The minimum absolute atomic E-state index is 0.0362. The number of nitrogens with two attached hydrogens (primary N) is 1. The molecule has 1 rings (SSSR count). The van der Waals surface area contributed by atoms with Crippen molar-refractivity contribution in [1.82, 2.24) is 4.90 Å². The Labute approximate surface area is 103 Å². The van der Waals surface area contributed by atoms with Crippen molar-refractivity contribution in [1.29, 1.82) is 0 Å². The Bertz CT molecular complexity index is 420. The molecule has 92 valence electrons. The fraction of sp³-hybridized carbons (Fsp3) is 0.357. The van der Waals surface area contributed by atoms with Crippen LogP contribution in [0.1, 0.15) is 25.0 Å². The number of nitrogen functional groups attached to an aromatic ring is 1. The van der Waals surface area contributed by atoms with Gasteiger partial charge in [-0.05, 0) is 44.0 Å². The molecule has 0 saturated carbocycles. The van der Waals surface area contributed by atoms with Gasteiger partial charge >= 0.3 is 0 Å². The number of rotatable bonds is 4. The highest BCUT2D eigenvalue weighted by Crippen LogP contribution is 2.14. The minimum atomic E-state index is 0.0362. The zero-order valence-corrected chi connectivity index (χ0v) is 10.7. The van der Waals surface area contributed by atoms with Crippen LogP contribution in [0.5, 0.6) is 0 Å². The summed E-state index contributed by atoms with van der Waals surface area (Å²) in [5.74, 6) is 0.0362. The number of hydrogen-bond acceptors (Lipinski definition) is 2. The molecular weight excluding hydrogens is 212 g/mol.